The minimum Gasteiger partial charge on any atom is -0.356 e. The van der Waals surface area contributed by atoms with Crippen LogP contribution in [-0.4, -0.2) is 33.3 Å². The average molecular weight is 450 g/mol. The molecule has 1 N–H and O–H groups in total. The van der Waals surface area contributed by atoms with E-state index in [1.54, 1.807) is 4.90 Å². The summed E-state index contributed by atoms with van der Waals surface area (Å²) in [6, 6.07) is 26.3. The van der Waals surface area contributed by atoms with Crippen LogP contribution in [0.25, 0.3) is 10.9 Å². The lowest BCUT2D eigenvalue weighted by Crippen LogP contribution is -2.50. The van der Waals surface area contributed by atoms with Crippen LogP contribution in [0.4, 0.5) is 4.79 Å². The quantitative estimate of drug-likeness (QED) is 0.415. The zero-order valence-electron chi connectivity index (χ0n) is 19.4. The molecular formula is C29H27N3O2. The third-order valence-corrected chi connectivity index (χ3v) is 7.58. The average Bonchev–Trinajstić information content (AvgIpc) is 3.35. The number of hydrogen-bond donors (Lipinski definition) is 1. The maximum absolute atomic E-state index is 13.9. The second-order valence-corrected chi connectivity index (χ2v) is 9.45. The van der Waals surface area contributed by atoms with E-state index >= 15 is 0 Å². The van der Waals surface area contributed by atoms with Crippen molar-refractivity contribution < 1.29 is 9.59 Å². The lowest BCUT2D eigenvalue weighted by molar-refractivity contribution is -0.133. The molecule has 1 saturated heterocycles. The first-order valence-electron chi connectivity index (χ1n) is 11.9. The summed E-state index contributed by atoms with van der Waals surface area (Å²) < 4.78 is 0. The number of para-hydroxylation sites is 1. The second-order valence-electron chi connectivity index (χ2n) is 9.45. The van der Waals surface area contributed by atoms with E-state index in [2.05, 4.69) is 42.2 Å². The third kappa shape index (κ3) is 2.86. The molecule has 2 atom stereocenters. The number of nitrogens with one attached hydrogen (secondary N) is 1. The summed E-state index contributed by atoms with van der Waals surface area (Å²) in [7, 11) is 0. The highest BCUT2D eigenvalue weighted by Gasteiger charge is 2.60. The minimum absolute atomic E-state index is 0.0152. The van der Waals surface area contributed by atoms with Gasteiger partial charge >= 0.3 is 6.03 Å². The number of carbonyl (C=O) groups is 2. The van der Waals surface area contributed by atoms with Crippen LogP contribution in [0.5, 0.6) is 0 Å². The number of hydrogen-bond acceptors (Lipinski definition) is 2. The van der Waals surface area contributed by atoms with Gasteiger partial charge in [-0.25, -0.2) is 4.79 Å². The second kappa shape index (κ2) is 7.59. The van der Waals surface area contributed by atoms with Crippen LogP contribution in [-0.2, 0) is 23.3 Å². The highest BCUT2D eigenvalue weighted by Crippen LogP contribution is 2.49. The Hall–Kier alpha value is -3.86. The zero-order valence-corrected chi connectivity index (χ0v) is 19.4. The van der Waals surface area contributed by atoms with Crippen molar-refractivity contribution in [2.45, 2.75) is 38.3 Å². The molecule has 3 aromatic carbocycles. The fraction of sp³-hybridized carbons (Fsp3) is 0.241. The van der Waals surface area contributed by atoms with Crippen LogP contribution < -0.4 is 0 Å². The third-order valence-electron chi connectivity index (χ3n) is 7.58. The van der Waals surface area contributed by atoms with E-state index in [1.807, 2.05) is 55.5 Å². The van der Waals surface area contributed by atoms with Crippen molar-refractivity contribution in [3.05, 3.63) is 107 Å². The molecule has 0 bridgehead atoms. The lowest BCUT2D eigenvalue weighted by atomic mass is 9.78. The molecule has 2 aliphatic rings. The molecule has 3 amide bonds. The minimum atomic E-state index is -1.06. The molecule has 6 rings (SSSR count). The van der Waals surface area contributed by atoms with E-state index in [1.165, 1.54) is 10.5 Å². The van der Waals surface area contributed by atoms with E-state index in [-0.39, 0.29) is 24.4 Å². The van der Waals surface area contributed by atoms with Crippen molar-refractivity contribution in [3.8, 4) is 0 Å². The number of amides is 3. The van der Waals surface area contributed by atoms with Gasteiger partial charge in [-0.3, -0.25) is 9.69 Å². The van der Waals surface area contributed by atoms with Gasteiger partial charge in [0, 0.05) is 23.4 Å². The fourth-order valence-corrected chi connectivity index (χ4v) is 5.65. The summed E-state index contributed by atoms with van der Waals surface area (Å²) in [4.78, 5) is 34.3. The molecule has 5 nitrogen and oxygen atoms in total. The number of aromatic amines is 1. The van der Waals surface area contributed by atoms with E-state index in [0.29, 0.717) is 6.54 Å². The summed E-state index contributed by atoms with van der Waals surface area (Å²) in [6.45, 7) is 4.78. The molecular weight excluding hydrogens is 422 g/mol. The smallest absolute Gasteiger partial charge is 0.328 e. The Balaban J connectivity index is 1.51. The number of fused-ring (bicyclic) bond motifs is 5. The molecule has 170 valence electrons. The van der Waals surface area contributed by atoms with E-state index in [0.717, 1.165) is 39.7 Å². The Kier molecular flexibility index (Phi) is 4.63. The predicted octanol–water partition coefficient (Wildman–Crippen LogP) is 5.56. The Morgan fingerprint density at radius 3 is 2.35 bits per heavy atom. The zero-order chi connectivity index (χ0) is 23.4. The van der Waals surface area contributed by atoms with Crippen molar-refractivity contribution in [1.29, 1.82) is 0 Å². The molecule has 3 heterocycles. The van der Waals surface area contributed by atoms with Crippen LogP contribution >= 0.6 is 0 Å². The van der Waals surface area contributed by atoms with Gasteiger partial charge < -0.3 is 9.88 Å². The summed E-state index contributed by atoms with van der Waals surface area (Å²) in [5.41, 5.74) is 5.28. The highest BCUT2D eigenvalue weighted by molar-refractivity contribution is 6.08. The molecule has 0 spiro atoms. The van der Waals surface area contributed by atoms with Gasteiger partial charge in [-0.2, -0.15) is 0 Å². The summed E-state index contributed by atoms with van der Waals surface area (Å²) >= 11 is 0. The van der Waals surface area contributed by atoms with Crippen LogP contribution in [0.2, 0.25) is 0 Å². The lowest BCUT2D eigenvalue weighted by Gasteiger charge is -2.40. The van der Waals surface area contributed by atoms with Crippen molar-refractivity contribution in [1.82, 2.24) is 14.8 Å². The summed E-state index contributed by atoms with van der Waals surface area (Å²) in [6.07, 6.45) is 0.981. The van der Waals surface area contributed by atoms with Gasteiger partial charge in [0.15, 0.2) is 5.54 Å². The molecule has 0 aliphatic carbocycles. The number of benzene rings is 3. The number of rotatable bonds is 4. The van der Waals surface area contributed by atoms with E-state index < -0.39 is 5.54 Å². The van der Waals surface area contributed by atoms with Gasteiger partial charge in [-0.1, -0.05) is 79.7 Å². The Morgan fingerprint density at radius 1 is 0.912 bits per heavy atom. The Labute approximate surface area is 199 Å². The number of nitrogens with zero attached hydrogens (tertiary/aromatic N) is 2. The van der Waals surface area contributed by atoms with Gasteiger partial charge in [0.1, 0.15) is 0 Å². The molecule has 2 aliphatic heterocycles. The SMILES string of the molecule is CCc1ccc(C2CN3C(=O)N(Cc4ccccc4)C(=O)[C@]3(C)c3[nH]c4ccccc4c32)cc1. The van der Waals surface area contributed by atoms with Gasteiger partial charge in [-0.05, 0) is 41.7 Å². The van der Waals surface area contributed by atoms with Crippen molar-refractivity contribution in [2.75, 3.05) is 6.54 Å². The van der Waals surface area contributed by atoms with E-state index in [4.69, 9.17) is 0 Å². The fourth-order valence-electron chi connectivity index (χ4n) is 5.65. The van der Waals surface area contributed by atoms with Crippen LogP contribution in [0, 0.1) is 0 Å². The summed E-state index contributed by atoms with van der Waals surface area (Å²) in [5.74, 6) is -0.188. The largest absolute Gasteiger partial charge is 0.356 e. The molecule has 0 radical (unpaired) electrons. The van der Waals surface area contributed by atoms with Crippen molar-refractivity contribution in [3.63, 3.8) is 0 Å². The predicted molar refractivity (Wildman–Crippen MR) is 132 cm³/mol. The number of urea groups is 1. The van der Waals surface area contributed by atoms with Gasteiger partial charge in [0.05, 0.1) is 12.2 Å². The van der Waals surface area contributed by atoms with Crippen LogP contribution in [0.3, 0.4) is 0 Å². The van der Waals surface area contributed by atoms with Gasteiger partial charge in [-0.15, -0.1) is 0 Å². The Bertz CT molecular complexity index is 1410. The van der Waals surface area contributed by atoms with Gasteiger partial charge in [0.25, 0.3) is 5.91 Å². The molecule has 5 heteroatoms. The summed E-state index contributed by atoms with van der Waals surface area (Å²) in [5, 5.41) is 1.12. The van der Waals surface area contributed by atoms with Crippen molar-refractivity contribution in [2.24, 2.45) is 0 Å². The van der Waals surface area contributed by atoms with Crippen molar-refractivity contribution >= 4 is 22.8 Å². The molecule has 34 heavy (non-hydrogen) atoms. The number of imide groups is 1. The molecule has 0 saturated carbocycles. The monoisotopic (exact) mass is 449 g/mol. The normalized spacial score (nSPS) is 21.8. The number of carbonyl (C=O) groups excluding carboxylic acids is 2. The van der Waals surface area contributed by atoms with Crippen LogP contribution in [0.1, 0.15) is 47.7 Å². The maximum atomic E-state index is 13.9. The standard InChI is InChI=1S/C29H27N3O2/c1-3-19-13-15-21(16-14-19)23-18-32-28(34)31(17-20-9-5-4-6-10-20)27(33)29(32,2)26-25(23)22-11-7-8-12-24(22)30-26/h4-16,23,30H,3,17-18H2,1-2H3/t23?,29-/m0/s1. The number of aromatic nitrogens is 1. The topological polar surface area (TPSA) is 56.4 Å². The first-order chi connectivity index (χ1) is 16.5. The first-order valence-corrected chi connectivity index (χ1v) is 11.9. The molecule has 1 fully saturated rings. The van der Waals surface area contributed by atoms with Gasteiger partial charge in [0.2, 0.25) is 0 Å². The highest BCUT2D eigenvalue weighted by atomic mass is 16.2. The molecule has 1 unspecified atom stereocenters. The maximum Gasteiger partial charge on any atom is 0.328 e. The van der Waals surface area contributed by atoms with E-state index in [9.17, 15) is 9.59 Å². The van der Waals surface area contributed by atoms with Crippen LogP contribution in [0.15, 0.2) is 78.9 Å². The Morgan fingerprint density at radius 2 is 1.62 bits per heavy atom. The number of H-pyrrole nitrogens is 1. The molecule has 1 aromatic heterocycles. The first kappa shape index (κ1) is 20.7. The number of aryl methyl sites for hydroxylation is 1. The molecule has 4 aromatic rings.